The first-order valence-electron chi connectivity index (χ1n) is 6.74. The summed E-state index contributed by atoms with van der Waals surface area (Å²) in [6.07, 6.45) is 0. The zero-order valence-corrected chi connectivity index (χ0v) is 13.8. The van der Waals surface area contributed by atoms with Crippen LogP contribution < -0.4 is 5.32 Å². The summed E-state index contributed by atoms with van der Waals surface area (Å²) in [4.78, 5) is 7.48. The summed E-state index contributed by atoms with van der Waals surface area (Å²) < 4.78 is 1.25. The first-order chi connectivity index (χ1) is 9.54. The van der Waals surface area contributed by atoms with Gasteiger partial charge in [-0.3, -0.25) is 0 Å². The molecular formula is C16H18N2S2. The second kappa shape index (κ2) is 5.19. The highest BCUT2D eigenvalue weighted by molar-refractivity contribution is 7.22. The van der Waals surface area contributed by atoms with Crippen LogP contribution in [-0.2, 0) is 0 Å². The second-order valence-corrected chi connectivity index (χ2v) is 7.67. The van der Waals surface area contributed by atoms with Gasteiger partial charge in [-0.2, -0.15) is 0 Å². The van der Waals surface area contributed by atoms with Crippen molar-refractivity contribution in [1.29, 1.82) is 0 Å². The molecular weight excluding hydrogens is 284 g/mol. The first-order valence-corrected chi connectivity index (χ1v) is 8.37. The maximum Gasteiger partial charge on any atom is 0.184 e. The Balaban J connectivity index is 1.89. The molecule has 0 spiro atoms. The van der Waals surface area contributed by atoms with E-state index in [9.17, 15) is 0 Å². The van der Waals surface area contributed by atoms with E-state index in [0.29, 0.717) is 6.04 Å². The molecule has 1 atom stereocenters. The van der Waals surface area contributed by atoms with Gasteiger partial charge in [0.1, 0.15) is 0 Å². The van der Waals surface area contributed by atoms with Crippen LogP contribution in [-0.4, -0.2) is 4.98 Å². The van der Waals surface area contributed by atoms with E-state index in [2.05, 4.69) is 57.3 Å². The molecule has 3 rings (SSSR count). The normalized spacial score (nSPS) is 12.8. The Kier molecular flexibility index (Phi) is 3.52. The number of hydrogen-bond acceptors (Lipinski definition) is 4. The van der Waals surface area contributed by atoms with Crippen LogP contribution in [0.2, 0.25) is 0 Å². The number of rotatable bonds is 3. The Morgan fingerprint density at radius 1 is 1.15 bits per heavy atom. The van der Waals surface area contributed by atoms with Crippen LogP contribution in [0.1, 0.15) is 33.8 Å². The van der Waals surface area contributed by atoms with Crippen molar-refractivity contribution in [2.75, 3.05) is 5.32 Å². The maximum atomic E-state index is 4.73. The molecule has 0 saturated heterocycles. The Morgan fingerprint density at radius 2 is 1.95 bits per heavy atom. The Labute approximate surface area is 127 Å². The van der Waals surface area contributed by atoms with Crippen molar-refractivity contribution < 1.29 is 0 Å². The van der Waals surface area contributed by atoms with E-state index in [1.54, 1.807) is 11.3 Å². The van der Waals surface area contributed by atoms with Crippen molar-refractivity contribution in [2.24, 2.45) is 0 Å². The van der Waals surface area contributed by atoms with Crippen LogP contribution in [0.3, 0.4) is 0 Å². The fourth-order valence-corrected chi connectivity index (χ4v) is 4.54. The number of para-hydroxylation sites is 1. The molecule has 1 unspecified atom stereocenters. The first kappa shape index (κ1) is 13.6. The highest BCUT2D eigenvalue weighted by Gasteiger charge is 2.13. The molecule has 0 saturated carbocycles. The summed E-state index contributed by atoms with van der Waals surface area (Å²) in [5, 5.41) is 4.55. The molecule has 104 valence electrons. The zero-order valence-electron chi connectivity index (χ0n) is 12.2. The quantitative estimate of drug-likeness (QED) is 0.695. The van der Waals surface area contributed by atoms with Gasteiger partial charge >= 0.3 is 0 Å². The SMILES string of the molecule is Cc1cc(C(C)Nc2nc3c(C)cccc3s2)c(C)s1. The van der Waals surface area contributed by atoms with E-state index >= 15 is 0 Å². The third-order valence-electron chi connectivity index (χ3n) is 3.51. The van der Waals surface area contributed by atoms with E-state index in [-0.39, 0.29) is 0 Å². The number of thiazole rings is 1. The number of nitrogens with one attached hydrogen (secondary N) is 1. The van der Waals surface area contributed by atoms with E-state index < -0.39 is 0 Å². The maximum absolute atomic E-state index is 4.73. The van der Waals surface area contributed by atoms with Gasteiger partial charge in [0.2, 0.25) is 0 Å². The number of nitrogens with zero attached hydrogens (tertiary/aromatic N) is 1. The predicted octanol–water partition coefficient (Wildman–Crippen LogP) is 5.46. The second-order valence-electron chi connectivity index (χ2n) is 5.18. The highest BCUT2D eigenvalue weighted by Crippen LogP contribution is 2.32. The van der Waals surface area contributed by atoms with Crippen LogP contribution in [0.4, 0.5) is 5.13 Å². The molecule has 2 heterocycles. The summed E-state index contributed by atoms with van der Waals surface area (Å²) in [5.74, 6) is 0. The van der Waals surface area contributed by atoms with Crippen molar-refractivity contribution in [3.63, 3.8) is 0 Å². The van der Waals surface area contributed by atoms with Gasteiger partial charge in [0.25, 0.3) is 0 Å². The standard InChI is InChI=1S/C16H18N2S2/c1-9-6-5-7-14-15(9)18-16(20-14)17-11(3)13-8-10(2)19-12(13)4/h5-8,11H,1-4H3,(H,17,18). The molecule has 1 aromatic carbocycles. The summed E-state index contributed by atoms with van der Waals surface area (Å²) >= 11 is 3.59. The molecule has 1 N–H and O–H groups in total. The van der Waals surface area contributed by atoms with Crippen LogP contribution in [0, 0.1) is 20.8 Å². The lowest BCUT2D eigenvalue weighted by atomic mass is 10.1. The number of aromatic nitrogens is 1. The minimum atomic E-state index is 0.292. The highest BCUT2D eigenvalue weighted by atomic mass is 32.1. The van der Waals surface area contributed by atoms with Crippen LogP contribution >= 0.6 is 22.7 Å². The molecule has 0 bridgehead atoms. The van der Waals surface area contributed by atoms with E-state index in [1.165, 1.54) is 25.6 Å². The molecule has 4 heteroatoms. The van der Waals surface area contributed by atoms with Crippen molar-refractivity contribution >= 4 is 38.0 Å². The van der Waals surface area contributed by atoms with Gasteiger partial charge in [-0.1, -0.05) is 23.5 Å². The molecule has 2 aromatic heterocycles. The number of aryl methyl sites for hydroxylation is 3. The van der Waals surface area contributed by atoms with Crippen molar-refractivity contribution in [2.45, 2.75) is 33.7 Å². The van der Waals surface area contributed by atoms with E-state index in [0.717, 1.165) is 10.6 Å². The van der Waals surface area contributed by atoms with Gasteiger partial charge in [-0.15, -0.1) is 11.3 Å². The molecule has 0 aliphatic carbocycles. The molecule has 0 amide bonds. The Morgan fingerprint density at radius 3 is 2.60 bits per heavy atom. The van der Waals surface area contributed by atoms with Gasteiger partial charge in [0.15, 0.2) is 5.13 Å². The lowest BCUT2D eigenvalue weighted by Gasteiger charge is -2.12. The van der Waals surface area contributed by atoms with Crippen molar-refractivity contribution in [3.8, 4) is 0 Å². The average molecular weight is 302 g/mol. The van der Waals surface area contributed by atoms with Crippen LogP contribution in [0.15, 0.2) is 24.3 Å². The molecule has 0 aliphatic heterocycles. The fourth-order valence-electron chi connectivity index (χ4n) is 2.49. The minimum Gasteiger partial charge on any atom is -0.355 e. The summed E-state index contributed by atoms with van der Waals surface area (Å²) in [5.41, 5.74) is 3.73. The monoisotopic (exact) mass is 302 g/mol. The van der Waals surface area contributed by atoms with Gasteiger partial charge in [0.05, 0.1) is 16.3 Å². The minimum absolute atomic E-state index is 0.292. The number of anilines is 1. The van der Waals surface area contributed by atoms with Crippen molar-refractivity contribution in [1.82, 2.24) is 4.98 Å². The van der Waals surface area contributed by atoms with E-state index in [1.807, 2.05) is 11.3 Å². The summed E-state index contributed by atoms with van der Waals surface area (Å²) in [7, 11) is 0. The number of fused-ring (bicyclic) bond motifs is 1. The summed E-state index contributed by atoms with van der Waals surface area (Å²) in [6, 6.07) is 8.91. The van der Waals surface area contributed by atoms with Gasteiger partial charge < -0.3 is 5.32 Å². The predicted molar refractivity (Wildman–Crippen MR) is 90.2 cm³/mol. The molecule has 0 radical (unpaired) electrons. The average Bonchev–Trinajstić information content (AvgIpc) is 2.93. The zero-order chi connectivity index (χ0) is 14.3. The molecule has 20 heavy (non-hydrogen) atoms. The molecule has 0 aliphatic rings. The van der Waals surface area contributed by atoms with Gasteiger partial charge in [-0.05, 0) is 51.0 Å². The number of benzene rings is 1. The topological polar surface area (TPSA) is 24.9 Å². The Hall–Kier alpha value is -1.39. The third kappa shape index (κ3) is 2.45. The number of thiophene rings is 1. The van der Waals surface area contributed by atoms with Gasteiger partial charge in [0, 0.05) is 9.75 Å². The Bertz CT molecular complexity index is 755. The van der Waals surface area contributed by atoms with Crippen LogP contribution in [0.25, 0.3) is 10.2 Å². The lowest BCUT2D eigenvalue weighted by Crippen LogP contribution is -2.06. The summed E-state index contributed by atoms with van der Waals surface area (Å²) in [6.45, 7) is 8.66. The van der Waals surface area contributed by atoms with Crippen molar-refractivity contribution in [3.05, 3.63) is 45.1 Å². The molecule has 2 nitrogen and oxygen atoms in total. The van der Waals surface area contributed by atoms with E-state index in [4.69, 9.17) is 4.98 Å². The smallest absolute Gasteiger partial charge is 0.184 e. The number of hydrogen-bond donors (Lipinski definition) is 1. The van der Waals surface area contributed by atoms with Crippen LogP contribution in [0.5, 0.6) is 0 Å². The lowest BCUT2D eigenvalue weighted by molar-refractivity contribution is 0.879. The fraction of sp³-hybridized carbons (Fsp3) is 0.312. The third-order valence-corrected chi connectivity index (χ3v) is 5.44. The molecule has 3 aromatic rings. The molecule has 0 fully saturated rings. The largest absolute Gasteiger partial charge is 0.355 e. The van der Waals surface area contributed by atoms with Gasteiger partial charge in [-0.25, -0.2) is 4.98 Å².